The summed E-state index contributed by atoms with van der Waals surface area (Å²) in [7, 11) is 0. The summed E-state index contributed by atoms with van der Waals surface area (Å²) < 4.78 is 10.4. The molecule has 21 heavy (non-hydrogen) atoms. The van der Waals surface area contributed by atoms with Crippen molar-refractivity contribution in [2.24, 2.45) is 0 Å². The van der Waals surface area contributed by atoms with Crippen LogP contribution in [0.4, 0.5) is 4.79 Å². The van der Waals surface area contributed by atoms with Crippen LogP contribution >= 0.6 is 0 Å². The zero-order valence-electron chi connectivity index (χ0n) is 12.8. The van der Waals surface area contributed by atoms with Gasteiger partial charge in [0.1, 0.15) is 11.5 Å². The van der Waals surface area contributed by atoms with Crippen molar-refractivity contribution in [3.8, 4) is 0 Å². The fourth-order valence-corrected chi connectivity index (χ4v) is 2.23. The highest BCUT2D eigenvalue weighted by Crippen LogP contribution is 2.28. The van der Waals surface area contributed by atoms with Crippen molar-refractivity contribution in [3.63, 3.8) is 0 Å². The third kappa shape index (κ3) is 3.53. The molecular weight excluding hydrogens is 274 g/mol. The Bertz CT molecular complexity index is 533. The molecule has 0 radical (unpaired) electrons. The van der Waals surface area contributed by atoms with E-state index < -0.39 is 17.6 Å². The van der Waals surface area contributed by atoms with E-state index >= 15 is 0 Å². The number of aromatic nitrogens is 2. The molecule has 1 aliphatic rings. The number of nitrogens with one attached hydrogen (secondary N) is 1. The van der Waals surface area contributed by atoms with Crippen molar-refractivity contribution >= 4 is 12.1 Å². The largest absolute Gasteiger partial charge is 0.465 e. The van der Waals surface area contributed by atoms with Crippen molar-refractivity contribution in [1.82, 2.24) is 15.1 Å². The Morgan fingerprint density at radius 1 is 1.48 bits per heavy atom. The smallest absolute Gasteiger partial charge is 0.410 e. The van der Waals surface area contributed by atoms with Gasteiger partial charge < -0.3 is 14.4 Å². The van der Waals surface area contributed by atoms with Gasteiger partial charge in [-0.15, -0.1) is 0 Å². The standard InChI is InChI=1S/C14H21N3O4/c1-5-20-12(18)10-8-17(13(19)21-14(2,3)4)7-9-6-15-16-11(9)10/h6,10H,5,7-8H2,1-4H3,(H,15,16). The van der Waals surface area contributed by atoms with Crippen molar-refractivity contribution in [3.05, 3.63) is 17.5 Å². The van der Waals surface area contributed by atoms with E-state index in [1.54, 1.807) is 33.9 Å². The fourth-order valence-electron chi connectivity index (χ4n) is 2.23. The van der Waals surface area contributed by atoms with E-state index in [2.05, 4.69) is 10.2 Å². The maximum atomic E-state index is 12.2. The molecule has 1 aliphatic heterocycles. The summed E-state index contributed by atoms with van der Waals surface area (Å²) in [6.07, 6.45) is 1.18. The van der Waals surface area contributed by atoms with Gasteiger partial charge in [0.25, 0.3) is 0 Å². The number of esters is 1. The molecule has 2 rings (SSSR count). The number of nitrogens with zero attached hydrogens (tertiary/aromatic N) is 2. The molecule has 0 saturated carbocycles. The summed E-state index contributed by atoms with van der Waals surface area (Å²) in [5.41, 5.74) is 0.950. The van der Waals surface area contributed by atoms with E-state index in [0.717, 1.165) is 5.56 Å². The molecule has 1 aromatic heterocycles. The lowest BCUT2D eigenvalue weighted by Gasteiger charge is -2.32. The number of aromatic amines is 1. The van der Waals surface area contributed by atoms with E-state index in [1.165, 1.54) is 4.90 Å². The molecule has 1 atom stereocenters. The van der Waals surface area contributed by atoms with E-state index in [4.69, 9.17) is 9.47 Å². The first-order valence-corrected chi connectivity index (χ1v) is 6.98. The molecule has 0 spiro atoms. The first-order chi connectivity index (χ1) is 9.81. The lowest BCUT2D eigenvalue weighted by atomic mass is 9.97. The average molecular weight is 295 g/mol. The average Bonchev–Trinajstić information content (AvgIpc) is 2.83. The number of ether oxygens (including phenoxy) is 2. The predicted octanol–water partition coefficient (Wildman–Crippen LogP) is 1.81. The number of hydrogen-bond donors (Lipinski definition) is 1. The molecule has 0 fully saturated rings. The minimum atomic E-state index is -0.576. The Balaban J connectivity index is 2.18. The molecule has 0 saturated heterocycles. The van der Waals surface area contributed by atoms with Crippen LogP contribution in [0, 0.1) is 0 Å². The number of hydrogen-bond acceptors (Lipinski definition) is 5. The van der Waals surface area contributed by atoms with Gasteiger partial charge in [0.2, 0.25) is 0 Å². The minimum Gasteiger partial charge on any atom is -0.465 e. The monoisotopic (exact) mass is 295 g/mol. The Kier molecular flexibility index (Phi) is 4.20. The van der Waals surface area contributed by atoms with Gasteiger partial charge in [-0.25, -0.2) is 4.79 Å². The van der Waals surface area contributed by atoms with E-state index in [1.807, 2.05) is 0 Å². The van der Waals surface area contributed by atoms with E-state index in [9.17, 15) is 9.59 Å². The number of carbonyl (C=O) groups is 2. The van der Waals surface area contributed by atoms with Gasteiger partial charge in [0, 0.05) is 12.1 Å². The lowest BCUT2D eigenvalue weighted by molar-refractivity contribution is -0.145. The number of carbonyl (C=O) groups excluding carboxylic acids is 2. The Morgan fingerprint density at radius 2 is 2.19 bits per heavy atom. The van der Waals surface area contributed by atoms with Gasteiger partial charge in [-0.3, -0.25) is 9.89 Å². The molecule has 0 bridgehead atoms. The number of rotatable bonds is 2. The van der Waals surface area contributed by atoms with Crippen LogP contribution in [0.1, 0.15) is 44.9 Å². The lowest BCUT2D eigenvalue weighted by Crippen LogP contribution is -2.43. The number of H-pyrrole nitrogens is 1. The van der Waals surface area contributed by atoms with Crippen LogP contribution in [0.2, 0.25) is 0 Å². The highest BCUT2D eigenvalue weighted by Gasteiger charge is 2.36. The second-order valence-corrected chi connectivity index (χ2v) is 5.97. The maximum absolute atomic E-state index is 12.2. The highest BCUT2D eigenvalue weighted by molar-refractivity contribution is 5.80. The van der Waals surface area contributed by atoms with Gasteiger partial charge >= 0.3 is 12.1 Å². The summed E-state index contributed by atoms with van der Waals surface area (Å²) in [4.78, 5) is 25.8. The van der Waals surface area contributed by atoms with Gasteiger partial charge in [0.15, 0.2) is 0 Å². The fraction of sp³-hybridized carbons (Fsp3) is 0.643. The van der Waals surface area contributed by atoms with Crippen LogP contribution in [-0.2, 0) is 20.8 Å². The van der Waals surface area contributed by atoms with Gasteiger partial charge in [-0.05, 0) is 27.7 Å². The SMILES string of the molecule is CCOC(=O)C1CN(C(=O)OC(C)(C)C)Cc2cn[nH]c21. The van der Waals surface area contributed by atoms with E-state index in [0.29, 0.717) is 18.8 Å². The van der Waals surface area contributed by atoms with Crippen LogP contribution < -0.4 is 0 Å². The van der Waals surface area contributed by atoms with Gasteiger partial charge in [-0.2, -0.15) is 5.10 Å². The van der Waals surface area contributed by atoms with Gasteiger partial charge in [0.05, 0.1) is 25.0 Å². The van der Waals surface area contributed by atoms with E-state index in [-0.39, 0.29) is 12.5 Å². The zero-order chi connectivity index (χ0) is 15.6. The number of fused-ring (bicyclic) bond motifs is 1. The maximum Gasteiger partial charge on any atom is 0.410 e. The van der Waals surface area contributed by atoms with Crippen LogP contribution in [0.3, 0.4) is 0 Å². The first-order valence-electron chi connectivity index (χ1n) is 6.98. The highest BCUT2D eigenvalue weighted by atomic mass is 16.6. The Labute approximate surface area is 123 Å². The van der Waals surface area contributed by atoms with Crippen LogP contribution in [-0.4, -0.2) is 45.9 Å². The van der Waals surface area contributed by atoms with Gasteiger partial charge in [-0.1, -0.05) is 0 Å². The molecule has 0 aromatic carbocycles. The molecule has 0 aliphatic carbocycles. The predicted molar refractivity (Wildman–Crippen MR) is 74.6 cm³/mol. The van der Waals surface area contributed by atoms with Crippen LogP contribution in [0.15, 0.2) is 6.20 Å². The third-order valence-electron chi connectivity index (χ3n) is 3.09. The summed E-state index contributed by atoms with van der Waals surface area (Å²) in [5.74, 6) is -0.917. The molecule has 1 amide bonds. The topological polar surface area (TPSA) is 84.5 Å². The molecule has 7 nitrogen and oxygen atoms in total. The summed E-state index contributed by atoms with van der Waals surface area (Å²) in [5, 5.41) is 6.78. The molecule has 116 valence electrons. The summed E-state index contributed by atoms with van der Waals surface area (Å²) in [6.45, 7) is 8.06. The molecule has 7 heteroatoms. The van der Waals surface area contributed by atoms with Crippen LogP contribution in [0.5, 0.6) is 0 Å². The Hall–Kier alpha value is -2.05. The van der Waals surface area contributed by atoms with Crippen molar-refractivity contribution in [2.75, 3.05) is 13.2 Å². The summed E-state index contributed by atoms with van der Waals surface area (Å²) in [6, 6.07) is 0. The van der Waals surface area contributed by atoms with Crippen molar-refractivity contribution in [1.29, 1.82) is 0 Å². The minimum absolute atomic E-state index is 0.225. The second-order valence-electron chi connectivity index (χ2n) is 5.97. The van der Waals surface area contributed by atoms with Crippen molar-refractivity contribution in [2.45, 2.75) is 45.8 Å². The second kappa shape index (κ2) is 5.75. The molecule has 2 heterocycles. The Morgan fingerprint density at radius 3 is 2.81 bits per heavy atom. The quantitative estimate of drug-likeness (QED) is 0.841. The van der Waals surface area contributed by atoms with Crippen LogP contribution in [0.25, 0.3) is 0 Å². The molecule has 1 unspecified atom stereocenters. The molecule has 1 N–H and O–H groups in total. The normalized spacial score (nSPS) is 18.1. The number of amides is 1. The van der Waals surface area contributed by atoms with Crippen molar-refractivity contribution < 1.29 is 19.1 Å². The summed E-state index contributed by atoms with van der Waals surface area (Å²) >= 11 is 0. The molecule has 1 aromatic rings. The first kappa shape index (κ1) is 15.3. The molecular formula is C14H21N3O4. The third-order valence-corrected chi connectivity index (χ3v) is 3.09. The zero-order valence-corrected chi connectivity index (χ0v) is 12.8.